The van der Waals surface area contributed by atoms with E-state index in [-0.39, 0.29) is 5.69 Å². The second-order valence-corrected chi connectivity index (χ2v) is 3.06. The number of nitrogens with zero attached hydrogens (tertiary/aromatic N) is 1. The topological polar surface area (TPSA) is 63.8 Å². The van der Waals surface area contributed by atoms with Crippen LogP contribution in [0.15, 0.2) is 4.79 Å². The number of aromatic amines is 1. The zero-order chi connectivity index (χ0) is 8.01. The van der Waals surface area contributed by atoms with Crippen LogP contribution in [-0.2, 0) is 7.05 Å². The number of nitrogens with two attached hydrogens (primary N) is 1. The molecule has 1 heterocycles. The standard InChI is InChI=1S/C7H11N3O/c1-10-6(8)5(4-2-3-4)9-7(10)11/h4H,2-3,8H2,1H3,(H,9,11). The molecule has 3 N–H and O–H groups in total. The first-order valence-corrected chi connectivity index (χ1v) is 3.74. The number of aromatic nitrogens is 2. The van der Waals surface area contributed by atoms with Crippen molar-refractivity contribution in [2.24, 2.45) is 7.05 Å². The zero-order valence-electron chi connectivity index (χ0n) is 6.42. The molecule has 0 aliphatic heterocycles. The van der Waals surface area contributed by atoms with Crippen LogP contribution in [0.25, 0.3) is 0 Å². The van der Waals surface area contributed by atoms with Crippen LogP contribution in [0.3, 0.4) is 0 Å². The van der Waals surface area contributed by atoms with Gasteiger partial charge in [-0.25, -0.2) is 4.79 Å². The lowest BCUT2D eigenvalue weighted by Crippen LogP contribution is -2.13. The van der Waals surface area contributed by atoms with Gasteiger partial charge in [0.15, 0.2) is 0 Å². The molecule has 1 saturated carbocycles. The lowest BCUT2D eigenvalue weighted by Gasteiger charge is -1.95. The second-order valence-electron chi connectivity index (χ2n) is 3.06. The fourth-order valence-electron chi connectivity index (χ4n) is 1.24. The normalized spacial score (nSPS) is 17.2. The Bertz CT molecular complexity index is 332. The molecule has 0 aromatic carbocycles. The Hall–Kier alpha value is -1.19. The smallest absolute Gasteiger partial charge is 0.327 e. The molecule has 0 bridgehead atoms. The van der Waals surface area contributed by atoms with Gasteiger partial charge in [-0.1, -0.05) is 0 Å². The van der Waals surface area contributed by atoms with E-state index in [1.54, 1.807) is 7.05 Å². The maximum absolute atomic E-state index is 11.0. The predicted octanol–water partition coefficient (Wildman–Crippen LogP) is 0.173. The molecule has 0 radical (unpaired) electrons. The van der Waals surface area contributed by atoms with Crippen LogP contribution < -0.4 is 11.4 Å². The third-order valence-corrected chi connectivity index (χ3v) is 2.17. The highest BCUT2D eigenvalue weighted by Crippen LogP contribution is 2.40. The molecule has 4 nitrogen and oxygen atoms in total. The quantitative estimate of drug-likeness (QED) is 0.604. The monoisotopic (exact) mass is 153 g/mol. The Balaban J connectivity index is 2.55. The van der Waals surface area contributed by atoms with E-state index in [0.29, 0.717) is 11.7 Å². The summed E-state index contributed by atoms with van der Waals surface area (Å²) in [5.41, 5.74) is 6.50. The molecule has 0 saturated heterocycles. The summed E-state index contributed by atoms with van der Waals surface area (Å²) in [7, 11) is 1.68. The molecule has 1 aliphatic carbocycles. The lowest BCUT2D eigenvalue weighted by molar-refractivity contribution is 0.872. The van der Waals surface area contributed by atoms with Crippen LogP contribution in [-0.4, -0.2) is 9.55 Å². The van der Waals surface area contributed by atoms with Crippen LogP contribution in [0, 0.1) is 0 Å². The summed E-state index contributed by atoms with van der Waals surface area (Å²) < 4.78 is 1.45. The Labute approximate surface area is 64.0 Å². The average molecular weight is 153 g/mol. The molecule has 0 spiro atoms. The van der Waals surface area contributed by atoms with Crippen LogP contribution in [0.4, 0.5) is 5.82 Å². The maximum atomic E-state index is 11.0. The molecule has 2 rings (SSSR count). The van der Waals surface area contributed by atoms with E-state index in [1.807, 2.05) is 0 Å². The highest BCUT2D eigenvalue weighted by molar-refractivity contribution is 5.40. The first kappa shape index (κ1) is 6.52. The summed E-state index contributed by atoms with van der Waals surface area (Å²) >= 11 is 0. The molecular formula is C7H11N3O. The van der Waals surface area contributed by atoms with E-state index in [9.17, 15) is 4.79 Å². The molecule has 1 fully saturated rings. The Morgan fingerprint density at radius 1 is 1.64 bits per heavy atom. The lowest BCUT2D eigenvalue weighted by atomic mass is 10.3. The number of nitrogen functional groups attached to an aromatic ring is 1. The highest BCUT2D eigenvalue weighted by atomic mass is 16.1. The summed E-state index contributed by atoms with van der Waals surface area (Å²) in [6.07, 6.45) is 2.31. The molecule has 1 aromatic rings. The number of nitrogens with one attached hydrogen (secondary N) is 1. The van der Waals surface area contributed by atoms with Crippen molar-refractivity contribution in [3.8, 4) is 0 Å². The molecule has 1 aliphatic rings. The molecule has 0 amide bonds. The molecule has 0 unspecified atom stereocenters. The summed E-state index contributed by atoms with van der Waals surface area (Å²) in [4.78, 5) is 13.8. The summed E-state index contributed by atoms with van der Waals surface area (Å²) in [5.74, 6) is 1.11. The van der Waals surface area contributed by atoms with Gasteiger partial charge in [0.25, 0.3) is 0 Å². The molecular weight excluding hydrogens is 142 g/mol. The van der Waals surface area contributed by atoms with Gasteiger partial charge in [0.1, 0.15) is 5.82 Å². The minimum absolute atomic E-state index is 0.107. The number of imidazole rings is 1. The Morgan fingerprint density at radius 3 is 2.64 bits per heavy atom. The van der Waals surface area contributed by atoms with E-state index in [4.69, 9.17) is 5.73 Å². The number of hydrogen-bond acceptors (Lipinski definition) is 2. The summed E-state index contributed by atoms with van der Waals surface area (Å²) in [6.45, 7) is 0. The van der Waals surface area contributed by atoms with Crippen LogP contribution >= 0.6 is 0 Å². The van der Waals surface area contributed by atoms with E-state index in [2.05, 4.69) is 4.98 Å². The van der Waals surface area contributed by atoms with Crippen molar-refractivity contribution in [3.63, 3.8) is 0 Å². The van der Waals surface area contributed by atoms with Gasteiger partial charge in [-0.15, -0.1) is 0 Å². The fraction of sp³-hybridized carbons (Fsp3) is 0.571. The minimum Gasteiger partial charge on any atom is -0.384 e. The average Bonchev–Trinajstić information content (AvgIpc) is 2.76. The van der Waals surface area contributed by atoms with Crippen molar-refractivity contribution >= 4 is 5.82 Å². The number of hydrogen-bond donors (Lipinski definition) is 2. The maximum Gasteiger partial charge on any atom is 0.327 e. The number of rotatable bonds is 1. The van der Waals surface area contributed by atoms with Crippen molar-refractivity contribution in [1.82, 2.24) is 9.55 Å². The van der Waals surface area contributed by atoms with Gasteiger partial charge in [0.2, 0.25) is 0 Å². The fourth-order valence-corrected chi connectivity index (χ4v) is 1.24. The van der Waals surface area contributed by atoms with E-state index >= 15 is 0 Å². The number of anilines is 1. The predicted molar refractivity (Wildman–Crippen MR) is 42.4 cm³/mol. The zero-order valence-corrected chi connectivity index (χ0v) is 6.42. The van der Waals surface area contributed by atoms with Crippen molar-refractivity contribution < 1.29 is 0 Å². The van der Waals surface area contributed by atoms with E-state index < -0.39 is 0 Å². The molecule has 60 valence electrons. The van der Waals surface area contributed by atoms with Crippen LogP contribution in [0.1, 0.15) is 24.5 Å². The Morgan fingerprint density at radius 2 is 2.27 bits per heavy atom. The Kier molecular flexibility index (Phi) is 1.13. The van der Waals surface area contributed by atoms with Crippen molar-refractivity contribution in [3.05, 3.63) is 16.2 Å². The third kappa shape index (κ3) is 0.859. The van der Waals surface area contributed by atoms with Gasteiger partial charge in [-0.3, -0.25) is 4.57 Å². The highest BCUT2D eigenvalue weighted by Gasteiger charge is 2.28. The SMILES string of the molecule is Cn1c(N)c(C2CC2)[nH]c1=O. The van der Waals surface area contributed by atoms with Gasteiger partial charge >= 0.3 is 5.69 Å². The minimum atomic E-state index is -0.107. The third-order valence-electron chi connectivity index (χ3n) is 2.17. The van der Waals surface area contributed by atoms with Gasteiger partial charge in [-0.2, -0.15) is 0 Å². The van der Waals surface area contributed by atoms with Crippen molar-refractivity contribution in [1.29, 1.82) is 0 Å². The first-order valence-electron chi connectivity index (χ1n) is 3.74. The van der Waals surface area contributed by atoms with Crippen molar-refractivity contribution in [2.45, 2.75) is 18.8 Å². The largest absolute Gasteiger partial charge is 0.384 e. The number of H-pyrrole nitrogens is 1. The molecule has 1 aromatic heterocycles. The van der Waals surface area contributed by atoms with E-state index in [0.717, 1.165) is 18.5 Å². The van der Waals surface area contributed by atoms with Gasteiger partial charge < -0.3 is 10.7 Å². The van der Waals surface area contributed by atoms with Gasteiger partial charge in [0, 0.05) is 13.0 Å². The van der Waals surface area contributed by atoms with Crippen molar-refractivity contribution in [2.75, 3.05) is 5.73 Å². The van der Waals surface area contributed by atoms with Crippen LogP contribution in [0.2, 0.25) is 0 Å². The van der Waals surface area contributed by atoms with Gasteiger partial charge in [0.05, 0.1) is 5.69 Å². The van der Waals surface area contributed by atoms with Crippen LogP contribution in [0.5, 0.6) is 0 Å². The van der Waals surface area contributed by atoms with E-state index in [1.165, 1.54) is 4.57 Å². The molecule has 11 heavy (non-hydrogen) atoms. The summed E-state index contributed by atoms with van der Waals surface area (Å²) in [6, 6.07) is 0. The molecule has 0 atom stereocenters. The summed E-state index contributed by atoms with van der Waals surface area (Å²) in [5, 5.41) is 0. The second kappa shape index (κ2) is 1.90. The van der Waals surface area contributed by atoms with Gasteiger partial charge in [-0.05, 0) is 12.8 Å². The molecule has 4 heteroatoms. The first-order chi connectivity index (χ1) is 5.20.